The van der Waals surface area contributed by atoms with Crippen LogP contribution < -0.4 is 0 Å². The van der Waals surface area contributed by atoms with E-state index in [1.165, 1.54) is 12.1 Å². The van der Waals surface area contributed by atoms with Crippen molar-refractivity contribution in [3.05, 3.63) is 12.7 Å². The molecule has 0 rings (SSSR count). The Balaban J connectivity index is 3.34. The summed E-state index contributed by atoms with van der Waals surface area (Å²) in [6, 6.07) is 1.21. The lowest BCUT2D eigenvalue weighted by atomic mass is 10.5. The lowest BCUT2D eigenvalue weighted by Gasteiger charge is -2.14. The van der Waals surface area contributed by atoms with E-state index >= 15 is 0 Å². The van der Waals surface area contributed by atoms with Crippen LogP contribution in [-0.4, -0.2) is 20.7 Å². The largest absolute Gasteiger partial charge is 0.463 e. The minimum absolute atomic E-state index is 0.314. The average molecular weight is 186 g/mol. The van der Waals surface area contributed by atoms with Crippen LogP contribution in [-0.2, 0) is 9.53 Å². The number of rotatable bonds is 5. The summed E-state index contributed by atoms with van der Waals surface area (Å²) < 4.78 is 4.85. The summed E-state index contributed by atoms with van der Waals surface area (Å²) in [5, 5.41) is 0. The number of carbonyl (C=O) groups is 1. The van der Waals surface area contributed by atoms with E-state index in [4.69, 9.17) is 4.74 Å². The average Bonchev–Trinajstić information content (AvgIpc) is 1.96. The Morgan fingerprint density at radius 1 is 1.50 bits per heavy atom. The Hall–Kier alpha value is -0.573. The van der Waals surface area contributed by atoms with Gasteiger partial charge in [-0.15, -0.1) is 0 Å². The molecular formula is C9H18O2Si. The van der Waals surface area contributed by atoms with Gasteiger partial charge in [0.1, 0.15) is 0 Å². The van der Waals surface area contributed by atoms with Gasteiger partial charge in [0.2, 0.25) is 0 Å². The minimum atomic E-state index is -0.957. The maximum atomic E-state index is 10.6. The SMILES string of the molecule is C=CC(=O)OCCC[Si](C)(C)C. The van der Waals surface area contributed by atoms with Crippen molar-refractivity contribution in [3.8, 4) is 0 Å². The predicted octanol–water partition coefficient (Wildman–Crippen LogP) is 2.44. The van der Waals surface area contributed by atoms with E-state index in [-0.39, 0.29) is 5.97 Å². The quantitative estimate of drug-likeness (QED) is 0.285. The second kappa shape index (κ2) is 5.14. The number of hydrogen-bond donors (Lipinski definition) is 0. The zero-order valence-electron chi connectivity index (χ0n) is 8.22. The highest BCUT2D eigenvalue weighted by molar-refractivity contribution is 6.76. The van der Waals surface area contributed by atoms with Gasteiger partial charge in [-0.1, -0.05) is 32.3 Å². The zero-order valence-corrected chi connectivity index (χ0v) is 9.22. The lowest BCUT2D eigenvalue weighted by molar-refractivity contribution is -0.137. The Morgan fingerprint density at radius 3 is 2.50 bits per heavy atom. The van der Waals surface area contributed by atoms with Crippen molar-refractivity contribution in [2.75, 3.05) is 6.61 Å². The van der Waals surface area contributed by atoms with E-state index in [1.807, 2.05) is 0 Å². The zero-order chi connectivity index (χ0) is 9.61. The van der Waals surface area contributed by atoms with Crippen molar-refractivity contribution in [2.45, 2.75) is 32.1 Å². The van der Waals surface area contributed by atoms with Crippen LogP contribution >= 0.6 is 0 Å². The van der Waals surface area contributed by atoms with Gasteiger partial charge in [-0.25, -0.2) is 4.79 Å². The van der Waals surface area contributed by atoms with Gasteiger partial charge in [0.05, 0.1) is 6.61 Å². The molecule has 0 atom stereocenters. The highest BCUT2D eigenvalue weighted by Gasteiger charge is 2.11. The van der Waals surface area contributed by atoms with Crippen LogP contribution in [0.4, 0.5) is 0 Å². The fourth-order valence-electron chi connectivity index (χ4n) is 0.834. The molecule has 0 saturated heterocycles. The van der Waals surface area contributed by atoms with Gasteiger partial charge < -0.3 is 4.74 Å². The monoisotopic (exact) mass is 186 g/mol. The molecule has 0 unspecified atom stereocenters. The molecule has 3 heteroatoms. The number of esters is 1. The summed E-state index contributed by atoms with van der Waals surface area (Å²) in [5.41, 5.74) is 0. The highest BCUT2D eigenvalue weighted by Crippen LogP contribution is 2.10. The lowest BCUT2D eigenvalue weighted by Crippen LogP contribution is -2.19. The molecule has 0 saturated carbocycles. The first-order valence-electron chi connectivity index (χ1n) is 4.25. The van der Waals surface area contributed by atoms with E-state index in [1.54, 1.807) is 0 Å². The van der Waals surface area contributed by atoms with Crippen molar-refractivity contribution in [1.82, 2.24) is 0 Å². The number of ether oxygens (including phenoxy) is 1. The van der Waals surface area contributed by atoms with Gasteiger partial charge in [-0.2, -0.15) is 0 Å². The molecule has 0 spiro atoms. The molecule has 0 aromatic carbocycles. The fourth-order valence-corrected chi connectivity index (χ4v) is 2.04. The first-order chi connectivity index (χ1) is 5.45. The van der Waals surface area contributed by atoms with Gasteiger partial charge in [0.15, 0.2) is 0 Å². The molecule has 0 aliphatic carbocycles. The van der Waals surface area contributed by atoms with Crippen molar-refractivity contribution >= 4 is 14.0 Å². The summed E-state index contributed by atoms with van der Waals surface area (Å²) in [5.74, 6) is -0.314. The van der Waals surface area contributed by atoms with E-state index in [2.05, 4.69) is 26.2 Å². The normalized spacial score (nSPS) is 10.9. The van der Waals surface area contributed by atoms with E-state index < -0.39 is 8.07 Å². The van der Waals surface area contributed by atoms with Crippen LogP contribution in [0.5, 0.6) is 0 Å². The highest BCUT2D eigenvalue weighted by atomic mass is 28.3. The Morgan fingerprint density at radius 2 is 2.08 bits per heavy atom. The molecule has 0 bridgehead atoms. The molecule has 0 N–H and O–H groups in total. The van der Waals surface area contributed by atoms with Gasteiger partial charge in [0.25, 0.3) is 0 Å². The smallest absolute Gasteiger partial charge is 0.330 e. The first kappa shape index (κ1) is 11.4. The van der Waals surface area contributed by atoms with E-state index in [0.29, 0.717) is 6.61 Å². The predicted molar refractivity (Wildman–Crippen MR) is 53.9 cm³/mol. The third kappa shape index (κ3) is 7.53. The van der Waals surface area contributed by atoms with E-state index in [0.717, 1.165) is 6.42 Å². The van der Waals surface area contributed by atoms with Gasteiger partial charge >= 0.3 is 5.97 Å². The summed E-state index contributed by atoms with van der Waals surface area (Å²) in [6.07, 6.45) is 2.18. The molecule has 0 amide bonds. The van der Waals surface area contributed by atoms with Crippen LogP contribution in [0.1, 0.15) is 6.42 Å². The molecule has 70 valence electrons. The summed E-state index contributed by atoms with van der Waals surface area (Å²) in [7, 11) is -0.957. The van der Waals surface area contributed by atoms with Gasteiger partial charge in [-0.3, -0.25) is 0 Å². The van der Waals surface area contributed by atoms with Crippen LogP contribution in [0.25, 0.3) is 0 Å². The summed E-state index contributed by atoms with van der Waals surface area (Å²) in [6.45, 7) is 10.8. The van der Waals surface area contributed by atoms with Crippen LogP contribution in [0.2, 0.25) is 25.7 Å². The maximum Gasteiger partial charge on any atom is 0.330 e. The summed E-state index contributed by atoms with van der Waals surface area (Å²) >= 11 is 0. The number of hydrogen-bond acceptors (Lipinski definition) is 2. The number of carbonyl (C=O) groups excluding carboxylic acids is 1. The second-order valence-corrected chi connectivity index (χ2v) is 9.66. The minimum Gasteiger partial charge on any atom is -0.463 e. The third-order valence-electron chi connectivity index (χ3n) is 1.48. The molecule has 2 nitrogen and oxygen atoms in total. The van der Waals surface area contributed by atoms with Crippen molar-refractivity contribution in [1.29, 1.82) is 0 Å². The second-order valence-electron chi connectivity index (χ2n) is 4.04. The van der Waals surface area contributed by atoms with E-state index in [9.17, 15) is 4.79 Å². The molecule has 0 aliphatic rings. The molecule has 0 aromatic heterocycles. The molecular weight excluding hydrogens is 168 g/mol. The fraction of sp³-hybridized carbons (Fsp3) is 0.667. The molecule has 0 heterocycles. The summed E-state index contributed by atoms with van der Waals surface area (Å²) in [4.78, 5) is 10.6. The first-order valence-corrected chi connectivity index (χ1v) is 7.95. The topological polar surface area (TPSA) is 26.3 Å². The van der Waals surface area contributed by atoms with Gasteiger partial charge in [-0.05, 0) is 6.42 Å². The van der Waals surface area contributed by atoms with Crippen molar-refractivity contribution < 1.29 is 9.53 Å². The molecule has 12 heavy (non-hydrogen) atoms. The van der Waals surface area contributed by atoms with Crippen molar-refractivity contribution in [2.24, 2.45) is 0 Å². The molecule has 0 aromatic rings. The molecule has 0 aliphatic heterocycles. The Kier molecular flexibility index (Phi) is 4.89. The van der Waals surface area contributed by atoms with Crippen LogP contribution in [0.3, 0.4) is 0 Å². The maximum absolute atomic E-state index is 10.6. The van der Waals surface area contributed by atoms with Crippen molar-refractivity contribution in [3.63, 3.8) is 0 Å². The molecule has 0 fully saturated rings. The van der Waals surface area contributed by atoms with Gasteiger partial charge in [0, 0.05) is 14.1 Å². The Bertz CT molecular complexity index is 158. The Labute approximate surface area is 75.6 Å². The van der Waals surface area contributed by atoms with Crippen LogP contribution in [0, 0.1) is 0 Å². The third-order valence-corrected chi connectivity index (χ3v) is 3.34. The molecule has 0 radical (unpaired) electrons. The standard InChI is InChI=1S/C9H18O2Si/c1-5-9(10)11-7-6-8-12(2,3)4/h5H,1,6-8H2,2-4H3. The van der Waals surface area contributed by atoms with Crippen LogP contribution in [0.15, 0.2) is 12.7 Å².